The van der Waals surface area contributed by atoms with Gasteiger partial charge in [0.1, 0.15) is 11.2 Å². The molecule has 53 heavy (non-hydrogen) atoms. The number of benzene rings is 7. The molecule has 1 aliphatic rings. The summed E-state index contributed by atoms with van der Waals surface area (Å²) < 4.78 is 6.30. The summed E-state index contributed by atoms with van der Waals surface area (Å²) in [5.41, 5.74) is 12.7. The minimum Gasteiger partial charge on any atom is -0.456 e. The molecule has 0 saturated carbocycles. The summed E-state index contributed by atoms with van der Waals surface area (Å²) in [6.45, 7) is 0. The Kier molecular flexibility index (Phi) is 7.05. The van der Waals surface area contributed by atoms with Gasteiger partial charge in [-0.2, -0.15) is 0 Å². The molecule has 7 aromatic carbocycles. The Balaban J connectivity index is 1.23. The number of para-hydroxylation sites is 1. The Labute approximate surface area is 305 Å². The van der Waals surface area contributed by atoms with Crippen molar-refractivity contribution in [1.82, 2.24) is 9.97 Å². The van der Waals surface area contributed by atoms with Crippen molar-refractivity contribution < 1.29 is 4.42 Å². The third-order valence-corrected chi connectivity index (χ3v) is 10.1. The first kappa shape index (κ1) is 30.6. The van der Waals surface area contributed by atoms with Crippen LogP contribution in [0.4, 0.5) is 0 Å². The van der Waals surface area contributed by atoms with Crippen LogP contribution in [0.2, 0.25) is 0 Å². The van der Waals surface area contributed by atoms with Gasteiger partial charge in [-0.05, 0) is 87.1 Å². The standard InChI is InChI=1S/C48H30N4O/c49-40-23-21-31-18-19-32-24-33(20-22-37(32)45(31)47(40)50)48-51-41(28-42(52-48)38-15-9-17-44-46(38)39-14-7-8-16-43(39)53-44)36-26-34(29-10-3-1-4-11-29)25-35(27-36)30-12-5-2-6-13-30/h1-28,49-50H. The molecule has 0 fully saturated rings. The zero-order valence-electron chi connectivity index (χ0n) is 28.5. The molecular formula is C48H30N4O. The van der Waals surface area contributed by atoms with Crippen LogP contribution in [0.25, 0.3) is 94.9 Å². The average Bonchev–Trinajstić information content (AvgIpc) is 3.61. The summed E-state index contributed by atoms with van der Waals surface area (Å²) in [6, 6.07) is 54.2. The van der Waals surface area contributed by atoms with Crippen LogP contribution in [0.15, 0.2) is 168 Å². The summed E-state index contributed by atoms with van der Waals surface area (Å²) >= 11 is 0. The summed E-state index contributed by atoms with van der Waals surface area (Å²) in [5, 5.41) is 20.9. The second-order valence-electron chi connectivity index (χ2n) is 13.4. The molecule has 248 valence electrons. The van der Waals surface area contributed by atoms with Gasteiger partial charge in [0.15, 0.2) is 5.82 Å². The Hall–Kier alpha value is -7.24. The van der Waals surface area contributed by atoms with E-state index in [1.807, 2.05) is 66.7 Å². The zero-order chi connectivity index (χ0) is 35.5. The summed E-state index contributed by atoms with van der Waals surface area (Å²) in [4.78, 5) is 10.6. The van der Waals surface area contributed by atoms with E-state index in [0.717, 1.165) is 94.2 Å². The van der Waals surface area contributed by atoms with Crippen molar-refractivity contribution >= 4 is 50.2 Å². The average molecular weight is 679 g/mol. The first-order valence-electron chi connectivity index (χ1n) is 17.6. The summed E-state index contributed by atoms with van der Waals surface area (Å²) in [7, 11) is 0. The number of allylic oxidation sites excluding steroid dienone is 1. The molecule has 0 radical (unpaired) electrons. The highest BCUT2D eigenvalue weighted by molar-refractivity contribution is 6.53. The van der Waals surface area contributed by atoms with Crippen molar-refractivity contribution in [2.75, 3.05) is 0 Å². The van der Waals surface area contributed by atoms with E-state index >= 15 is 0 Å². The normalized spacial score (nSPS) is 12.5. The number of nitrogens with one attached hydrogen (secondary N) is 2. The molecule has 5 nitrogen and oxygen atoms in total. The van der Waals surface area contributed by atoms with Crippen molar-refractivity contribution in [3.05, 3.63) is 175 Å². The molecule has 0 unspecified atom stereocenters. The highest BCUT2D eigenvalue weighted by Crippen LogP contribution is 2.39. The number of furan rings is 1. The van der Waals surface area contributed by atoms with Gasteiger partial charge in [-0.3, -0.25) is 10.8 Å². The van der Waals surface area contributed by atoms with Crippen LogP contribution in [-0.4, -0.2) is 21.4 Å². The fourth-order valence-electron chi connectivity index (χ4n) is 7.52. The smallest absolute Gasteiger partial charge is 0.160 e. The highest BCUT2D eigenvalue weighted by Gasteiger charge is 2.20. The Morgan fingerprint density at radius 1 is 0.453 bits per heavy atom. The van der Waals surface area contributed by atoms with Gasteiger partial charge in [0.2, 0.25) is 0 Å². The van der Waals surface area contributed by atoms with E-state index in [1.54, 1.807) is 6.08 Å². The van der Waals surface area contributed by atoms with E-state index < -0.39 is 0 Å². The second kappa shape index (κ2) is 12.2. The second-order valence-corrected chi connectivity index (χ2v) is 13.4. The van der Waals surface area contributed by atoms with E-state index in [1.165, 1.54) is 0 Å². The van der Waals surface area contributed by atoms with E-state index in [9.17, 15) is 0 Å². The van der Waals surface area contributed by atoms with Gasteiger partial charge < -0.3 is 4.42 Å². The molecule has 5 heteroatoms. The van der Waals surface area contributed by atoms with Gasteiger partial charge in [0.05, 0.1) is 22.8 Å². The Morgan fingerprint density at radius 3 is 1.91 bits per heavy atom. The molecule has 0 atom stereocenters. The predicted octanol–water partition coefficient (Wildman–Crippen LogP) is 12.3. The van der Waals surface area contributed by atoms with Crippen LogP contribution in [0, 0.1) is 10.8 Å². The fourth-order valence-corrected chi connectivity index (χ4v) is 7.52. The zero-order valence-corrected chi connectivity index (χ0v) is 28.5. The maximum Gasteiger partial charge on any atom is 0.160 e. The van der Waals surface area contributed by atoms with Crippen LogP contribution in [0.3, 0.4) is 0 Å². The van der Waals surface area contributed by atoms with Crippen LogP contribution in [-0.2, 0) is 0 Å². The molecule has 0 amide bonds. The molecule has 2 N–H and O–H groups in total. The van der Waals surface area contributed by atoms with E-state index in [0.29, 0.717) is 5.82 Å². The van der Waals surface area contributed by atoms with Crippen LogP contribution >= 0.6 is 0 Å². The molecule has 0 spiro atoms. The summed E-state index contributed by atoms with van der Waals surface area (Å²) in [5.74, 6) is 0.594. The van der Waals surface area contributed by atoms with Gasteiger partial charge in [-0.15, -0.1) is 0 Å². The number of hydrogen-bond donors (Lipinski definition) is 2. The first-order chi connectivity index (χ1) is 26.1. The molecule has 0 saturated heterocycles. The quantitative estimate of drug-likeness (QED) is 0.190. The molecule has 0 aliphatic heterocycles. The molecule has 9 aromatic rings. The lowest BCUT2D eigenvalue weighted by Crippen LogP contribution is -2.16. The lowest BCUT2D eigenvalue weighted by atomic mass is 9.89. The van der Waals surface area contributed by atoms with Crippen LogP contribution in [0.5, 0.6) is 0 Å². The van der Waals surface area contributed by atoms with Crippen molar-refractivity contribution in [3.63, 3.8) is 0 Å². The number of rotatable bonds is 5. The largest absolute Gasteiger partial charge is 0.456 e. The first-order valence-corrected chi connectivity index (χ1v) is 17.6. The summed E-state index contributed by atoms with van der Waals surface area (Å²) in [6.07, 6.45) is 3.60. The maximum absolute atomic E-state index is 8.68. The molecule has 2 heterocycles. The van der Waals surface area contributed by atoms with Crippen LogP contribution in [0.1, 0.15) is 11.1 Å². The van der Waals surface area contributed by atoms with E-state index in [4.69, 9.17) is 25.2 Å². The lowest BCUT2D eigenvalue weighted by molar-refractivity contribution is 0.669. The van der Waals surface area contributed by atoms with Gasteiger partial charge >= 0.3 is 0 Å². The molecular weight excluding hydrogens is 649 g/mol. The minimum atomic E-state index is 0.211. The minimum absolute atomic E-state index is 0.211. The number of hydrogen-bond acceptors (Lipinski definition) is 5. The Bertz CT molecular complexity index is 2920. The van der Waals surface area contributed by atoms with Crippen LogP contribution < -0.4 is 0 Å². The van der Waals surface area contributed by atoms with Gasteiger partial charge in [0, 0.05) is 33.0 Å². The number of aromatic nitrogens is 2. The predicted molar refractivity (Wildman–Crippen MR) is 218 cm³/mol. The van der Waals surface area contributed by atoms with E-state index in [-0.39, 0.29) is 11.4 Å². The monoisotopic (exact) mass is 678 g/mol. The third-order valence-electron chi connectivity index (χ3n) is 10.1. The van der Waals surface area contributed by atoms with Gasteiger partial charge in [-0.1, -0.05) is 121 Å². The third kappa shape index (κ3) is 5.26. The molecule has 0 bridgehead atoms. The van der Waals surface area contributed by atoms with Gasteiger partial charge in [-0.25, -0.2) is 9.97 Å². The highest BCUT2D eigenvalue weighted by atomic mass is 16.3. The molecule has 10 rings (SSSR count). The van der Waals surface area contributed by atoms with Crippen molar-refractivity contribution in [1.29, 1.82) is 10.8 Å². The van der Waals surface area contributed by atoms with Crippen molar-refractivity contribution in [3.8, 4) is 56.2 Å². The van der Waals surface area contributed by atoms with E-state index in [2.05, 4.69) is 97.1 Å². The van der Waals surface area contributed by atoms with Crippen molar-refractivity contribution in [2.24, 2.45) is 0 Å². The SMILES string of the molecule is N=C1C=Cc2ccc3cc(-c4nc(-c5cc(-c6ccccc6)cc(-c6ccccc6)c5)cc(-c5cccc6oc7ccccc7c56)n4)ccc3c2C1=N. The number of fused-ring (bicyclic) bond motifs is 6. The fraction of sp³-hybridized carbons (Fsp3) is 0. The number of nitrogens with zero attached hydrogens (tertiary/aromatic N) is 2. The topological polar surface area (TPSA) is 86.6 Å². The Morgan fingerprint density at radius 2 is 1.13 bits per heavy atom. The van der Waals surface area contributed by atoms with Gasteiger partial charge in [0.25, 0.3) is 0 Å². The lowest BCUT2D eigenvalue weighted by Gasteiger charge is -2.16. The maximum atomic E-state index is 8.68. The molecule has 1 aliphatic carbocycles. The van der Waals surface area contributed by atoms with Crippen molar-refractivity contribution in [2.45, 2.75) is 0 Å². The molecule has 2 aromatic heterocycles.